The lowest BCUT2D eigenvalue weighted by atomic mass is 10.2. The standard InChI is InChI=1S/C14H18N2O4S/c1-9(15-12(17)11-6-4-8-21-11)13(18)16-7-3-5-10(16)14(19)20-2/h4,6,8-10H,3,5,7H2,1-2H3,(H,15,17)/t9-,10+/m0/s1. The molecule has 0 saturated carbocycles. The van der Waals surface area contributed by atoms with Gasteiger partial charge in [-0.1, -0.05) is 6.07 Å². The molecule has 2 rings (SSSR count). The first-order valence-corrected chi connectivity index (χ1v) is 7.65. The SMILES string of the molecule is COC(=O)[C@H]1CCCN1C(=O)[C@H](C)NC(=O)c1cccs1. The van der Waals surface area contributed by atoms with E-state index in [2.05, 4.69) is 5.32 Å². The fraction of sp³-hybridized carbons (Fsp3) is 0.500. The van der Waals surface area contributed by atoms with Gasteiger partial charge in [-0.05, 0) is 31.2 Å². The van der Waals surface area contributed by atoms with Gasteiger partial charge in [-0.25, -0.2) is 4.79 Å². The van der Waals surface area contributed by atoms with Gasteiger partial charge in [-0.3, -0.25) is 9.59 Å². The fourth-order valence-corrected chi connectivity index (χ4v) is 3.02. The summed E-state index contributed by atoms with van der Waals surface area (Å²) >= 11 is 1.31. The second-order valence-corrected chi connectivity index (χ2v) is 5.83. The molecule has 1 aliphatic rings. The Bertz CT molecular complexity index is 529. The monoisotopic (exact) mass is 310 g/mol. The number of hydrogen-bond acceptors (Lipinski definition) is 5. The van der Waals surface area contributed by atoms with Crippen molar-refractivity contribution < 1.29 is 19.1 Å². The molecule has 0 aliphatic carbocycles. The molecule has 1 aliphatic heterocycles. The molecule has 1 aromatic heterocycles. The van der Waals surface area contributed by atoms with Crippen LogP contribution in [0.2, 0.25) is 0 Å². The summed E-state index contributed by atoms with van der Waals surface area (Å²) in [6.07, 6.45) is 1.36. The van der Waals surface area contributed by atoms with Crippen LogP contribution in [-0.4, -0.2) is 48.4 Å². The van der Waals surface area contributed by atoms with Gasteiger partial charge in [0.25, 0.3) is 5.91 Å². The number of esters is 1. The quantitative estimate of drug-likeness (QED) is 0.843. The Balaban J connectivity index is 1.98. The summed E-state index contributed by atoms with van der Waals surface area (Å²) in [6.45, 7) is 2.14. The van der Waals surface area contributed by atoms with Crippen molar-refractivity contribution in [1.29, 1.82) is 0 Å². The van der Waals surface area contributed by atoms with E-state index in [-0.39, 0.29) is 11.8 Å². The van der Waals surface area contributed by atoms with E-state index in [1.807, 2.05) is 0 Å². The van der Waals surface area contributed by atoms with Crippen molar-refractivity contribution in [3.8, 4) is 0 Å². The maximum atomic E-state index is 12.4. The molecule has 2 atom stereocenters. The Labute approximate surface area is 127 Å². The molecule has 1 N–H and O–H groups in total. The largest absolute Gasteiger partial charge is 0.467 e. The van der Waals surface area contributed by atoms with Gasteiger partial charge in [0.1, 0.15) is 12.1 Å². The van der Waals surface area contributed by atoms with Gasteiger partial charge >= 0.3 is 5.97 Å². The lowest BCUT2D eigenvalue weighted by molar-refractivity contribution is -0.151. The van der Waals surface area contributed by atoms with Gasteiger partial charge < -0.3 is 15.0 Å². The molecule has 2 amide bonds. The van der Waals surface area contributed by atoms with Crippen LogP contribution in [0, 0.1) is 0 Å². The Morgan fingerprint density at radius 3 is 2.86 bits per heavy atom. The van der Waals surface area contributed by atoms with Gasteiger partial charge in [0, 0.05) is 6.54 Å². The Hall–Kier alpha value is -1.89. The number of nitrogens with zero attached hydrogens (tertiary/aromatic N) is 1. The fourth-order valence-electron chi connectivity index (χ4n) is 2.40. The van der Waals surface area contributed by atoms with Gasteiger partial charge in [-0.15, -0.1) is 11.3 Å². The number of rotatable bonds is 4. The Morgan fingerprint density at radius 1 is 1.48 bits per heavy atom. The van der Waals surface area contributed by atoms with E-state index in [4.69, 9.17) is 4.74 Å². The van der Waals surface area contributed by atoms with E-state index >= 15 is 0 Å². The van der Waals surface area contributed by atoms with E-state index in [1.165, 1.54) is 23.3 Å². The molecule has 1 saturated heterocycles. The number of nitrogens with one attached hydrogen (secondary N) is 1. The Morgan fingerprint density at radius 2 is 2.24 bits per heavy atom. The van der Waals surface area contributed by atoms with Crippen molar-refractivity contribution in [3.05, 3.63) is 22.4 Å². The number of carbonyl (C=O) groups excluding carboxylic acids is 3. The molecule has 114 valence electrons. The van der Waals surface area contributed by atoms with Crippen LogP contribution >= 0.6 is 11.3 Å². The minimum Gasteiger partial charge on any atom is -0.467 e. The van der Waals surface area contributed by atoms with Crippen molar-refractivity contribution in [2.75, 3.05) is 13.7 Å². The Kier molecular flexibility index (Phi) is 4.95. The minimum absolute atomic E-state index is 0.257. The summed E-state index contributed by atoms with van der Waals surface area (Å²) in [4.78, 5) is 38.0. The minimum atomic E-state index is -0.676. The van der Waals surface area contributed by atoms with Crippen molar-refractivity contribution in [1.82, 2.24) is 10.2 Å². The van der Waals surface area contributed by atoms with Crippen LogP contribution in [0.1, 0.15) is 29.4 Å². The summed E-state index contributed by atoms with van der Waals surface area (Å²) in [6, 6.07) is 2.26. The van der Waals surface area contributed by atoms with E-state index in [0.717, 1.165) is 6.42 Å². The highest BCUT2D eigenvalue weighted by atomic mass is 32.1. The molecule has 6 nitrogen and oxygen atoms in total. The smallest absolute Gasteiger partial charge is 0.328 e. The number of amides is 2. The van der Waals surface area contributed by atoms with Crippen LogP contribution in [0.4, 0.5) is 0 Å². The summed E-state index contributed by atoms with van der Waals surface area (Å²) in [5, 5.41) is 4.47. The number of methoxy groups -OCH3 is 1. The zero-order valence-corrected chi connectivity index (χ0v) is 12.8. The maximum absolute atomic E-state index is 12.4. The lowest BCUT2D eigenvalue weighted by Crippen LogP contribution is -2.50. The molecule has 2 heterocycles. The second kappa shape index (κ2) is 6.71. The zero-order valence-electron chi connectivity index (χ0n) is 12.0. The summed E-state index contributed by atoms with van der Waals surface area (Å²) in [5.74, 6) is -0.940. The molecule has 0 radical (unpaired) electrons. The summed E-state index contributed by atoms with van der Waals surface area (Å²) in [7, 11) is 1.31. The number of ether oxygens (including phenoxy) is 1. The molecule has 1 aromatic rings. The first-order chi connectivity index (χ1) is 10.0. The van der Waals surface area contributed by atoms with Gasteiger partial charge in [-0.2, -0.15) is 0 Å². The van der Waals surface area contributed by atoms with Gasteiger partial charge in [0.05, 0.1) is 12.0 Å². The summed E-state index contributed by atoms with van der Waals surface area (Å²) in [5.41, 5.74) is 0. The average molecular weight is 310 g/mol. The van der Waals surface area contributed by atoms with Crippen molar-refractivity contribution in [3.63, 3.8) is 0 Å². The van der Waals surface area contributed by atoms with Crippen molar-refractivity contribution >= 4 is 29.1 Å². The molecule has 0 spiro atoms. The van der Waals surface area contributed by atoms with E-state index in [0.29, 0.717) is 17.8 Å². The molecule has 0 bridgehead atoms. The van der Waals surface area contributed by atoms with Crippen LogP contribution in [0.3, 0.4) is 0 Å². The van der Waals surface area contributed by atoms with E-state index in [9.17, 15) is 14.4 Å². The molecule has 0 aromatic carbocycles. The molecular formula is C14H18N2O4S. The van der Waals surface area contributed by atoms with Crippen molar-refractivity contribution in [2.24, 2.45) is 0 Å². The second-order valence-electron chi connectivity index (χ2n) is 4.89. The third-order valence-electron chi connectivity index (χ3n) is 3.47. The van der Waals surface area contributed by atoms with Crippen LogP contribution in [-0.2, 0) is 14.3 Å². The zero-order chi connectivity index (χ0) is 15.4. The number of likely N-dealkylation sites (tertiary alicyclic amines) is 1. The predicted octanol–water partition coefficient (Wildman–Crippen LogP) is 1.03. The van der Waals surface area contributed by atoms with Crippen LogP contribution in [0.5, 0.6) is 0 Å². The molecule has 21 heavy (non-hydrogen) atoms. The highest BCUT2D eigenvalue weighted by molar-refractivity contribution is 7.12. The van der Waals surface area contributed by atoms with E-state index in [1.54, 1.807) is 24.4 Å². The number of thiophene rings is 1. The third kappa shape index (κ3) is 3.41. The van der Waals surface area contributed by atoms with Crippen molar-refractivity contribution in [2.45, 2.75) is 31.8 Å². The topological polar surface area (TPSA) is 75.7 Å². The molecule has 1 fully saturated rings. The van der Waals surface area contributed by atoms with Crippen LogP contribution in [0.15, 0.2) is 17.5 Å². The normalized spacial score (nSPS) is 19.1. The maximum Gasteiger partial charge on any atom is 0.328 e. The first-order valence-electron chi connectivity index (χ1n) is 6.77. The van der Waals surface area contributed by atoms with Crippen LogP contribution in [0.25, 0.3) is 0 Å². The number of carbonyl (C=O) groups is 3. The third-order valence-corrected chi connectivity index (χ3v) is 4.34. The highest BCUT2D eigenvalue weighted by Crippen LogP contribution is 2.19. The highest BCUT2D eigenvalue weighted by Gasteiger charge is 2.36. The molecular weight excluding hydrogens is 292 g/mol. The van der Waals surface area contributed by atoms with Gasteiger partial charge in [0.2, 0.25) is 5.91 Å². The van der Waals surface area contributed by atoms with Gasteiger partial charge in [0.15, 0.2) is 0 Å². The summed E-state index contributed by atoms with van der Waals surface area (Å²) < 4.78 is 4.72. The lowest BCUT2D eigenvalue weighted by Gasteiger charge is -2.26. The van der Waals surface area contributed by atoms with Crippen LogP contribution < -0.4 is 5.32 Å². The first kappa shape index (κ1) is 15.5. The average Bonchev–Trinajstić information content (AvgIpc) is 3.16. The van der Waals surface area contributed by atoms with E-state index < -0.39 is 18.1 Å². The predicted molar refractivity (Wildman–Crippen MR) is 78.0 cm³/mol. The molecule has 0 unspecified atom stereocenters. The number of hydrogen-bond donors (Lipinski definition) is 1. The molecule has 7 heteroatoms.